The van der Waals surface area contributed by atoms with E-state index < -0.39 is 10.0 Å². The van der Waals surface area contributed by atoms with Gasteiger partial charge in [-0.2, -0.15) is 0 Å². The average molecular weight is 471 g/mol. The summed E-state index contributed by atoms with van der Waals surface area (Å²) in [5.74, 6) is -0.357. The van der Waals surface area contributed by atoms with Gasteiger partial charge in [0.25, 0.3) is 15.9 Å². The van der Waals surface area contributed by atoms with Crippen LogP contribution in [-0.2, 0) is 10.0 Å². The summed E-state index contributed by atoms with van der Waals surface area (Å²) in [4.78, 5) is 13.3. The molecule has 0 atom stereocenters. The van der Waals surface area contributed by atoms with Crippen LogP contribution in [0.1, 0.15) is 38.7 Å². The largest absolute Gasteiger partial charge is 0.341 e. The summed E-state index contributed by atoms with van der Waals surface area (Å²) < 4.78 is 28.8. The predicted molar refractivity (Wildman–Crippen MR) is 135 cm³/mol. The van der Waals surface area contributed by atoms with E-state index in [0.29, 0.717) is 11.3 Å². The third kappa shape index (κ3) is 5.35. The third-order valence-electron chi connectivity index (χ3n) is 5.58. The first-order chi connectivity index (χ1) is 16.3. The molecule has 0 heterocycles. The number of benzene rings is 4. The molecule has 1 amide bonds. The Kier molecular flexibility index (Phi) is 6.80. The molecule has 0 spiro atoms. The lowest BCUT2D eigenvalue weighted by molar-refractivity contribution is 0.0942. The van der Waals surface area contributed by atoms with Crippen molar-refractivity contribution in [3.05, 3.63) is 131 Å². The van der Waals surface area contributed by atoms with Gasteiger partial charge in [0.15, 0.2) is 0 Å². The van der Waals surface area contributed by atoms with E-state index in [4.69, 9.17) is 0 Å². The molecule has 0 aliphatic heterocycles. The molecule has 0 fully saturated rings. The molecule has 0 unspecified atom stereocenters. The molecular weight excluding hydrogens is 444 g/mol. The van der Waals surface area contributed by atoms with Crippen molar-refractivity contribution < 1.29 is 13.2 Å². The summed E-state index contributed by atoms with van der Waals surface area (Å²) in [7, 11) is -3.88. The molecule has 0 aromatic heterocycles. The zero-order valence-corrected chi connectivity index (χ0v) is 19.8. The Labute approximate surface area is 200 Å². The Morgan fingerprint density at radius 1 is 0.735 bits per heavy atom. The first-order valence-corrected chi connectivity index (χ1v) is 12.4. The predicted octanol–water partition coefficient (Wildman–Crippen LogP) is 5.62. The van der Waals surface area contributed by atoms with Crippen LogP contribution in [0.4, 0.5) is 5.69 Å². The lowest BCUT2D eigenvalue weighted by atomic mass is 9.98. The Bertz CT molecular complexity index is 1350. The van der Waals surface area contributed by atoms with Crippen molar-refractivity contribution in [2.45, 2.75) is 24.8 Å². The van der Waals surface area contributed by atoms with E-state index in [2.05, 4.69) is 10.0 Å². The quantitative estimate of drug-likeness (QED) is 0.368. The van der Waals surface area contributed by atoms with E-state index in [1.165, 1.54) is 6.07 Å². The van der Waals surface area contributed by atoms with Crippen molar-refractivity contribution in [3.8, 4) is 0 Å². The highest BCUT2D eigenvalue weighted by atomic mass is 32.2. The molecule has 0 aliphatic carbocycles. The summed E-state index contributed by atoms with van der Waals surface area (Å²) in [6.45, 7) is 3.64. The van der Waals surface area contributed by atoms with Crippen molar-refractivity contribution in [1.29, 1.82) is 0 Å². The Morgan fingerprint density at radius 3 is 1.85 bits per heavy atom. The van der Waals surface area contributed by atoms with Crippen LogP contribution in [0.3, 0.4) is 0 Å². The van der Waals surface area contributed by atoms with Gasteiger partial charge in [-0.3, -0.25) is 9.52 Å². The molecule has 34 heavy (non-hydrogen) atoms. The van der Waals surface area contributed by atoms with E-state index >= 15 is 0 Å². The maximum atomic E-state index is 13.3. The molecule has 4 rings (SSSR count). The van der Waals surface area contributed by atoms with Crippen LogP contribution in [0.5, 0.6) is 0 Å². The molecule has 4 aromatic carbocycles. The number of rotatable bonds is 7. The van der Waals surface area contributed by atoms with Gasteiger partial charge >= 0.3 is 0 Å². The molecule has 2 N–H and O–H groups in total. The minimum atomic E-state index is -3.88. The Hall–Kier alpha value is -3.90. The topological polar surface area (TPSA) is 75.3 Å². The summed E-state index contributed by atoms with van der Waals surface area (Å²) in [6.07, 6.45) is 0. The normalized spacial score (nSPS) is 11.3. The zero-order chi connectivity index (χ0) is 24.1. The Balaban J connectivity index is 1.63. The molecule has 172 valence electrons. The van der Waals surface area contributed by atoms with Crippen LogP contribution in [0.15, 0.2) is 108 Å². The minimum absolute atomic E-state index is 0.0664. The number of aryl methyl sites for hydroxylation is 2. The van der Waals surface area contributed by atoms with Gasteiger partial charge < -0.3 is 5.32 Å². The van der Waals surface area contributed by atoms with Gasteiger partial charge in [0, 0.05) is 11.3 Å². The van der Waals surface area contributed by atoms with E-state index in [1.54, 1.807) is 31.2 Å². The zero-order valence-electron chi connectivity index (χ0n) is 19.0. The van der Waals surface area contributed by atoms with Crippen molar-refractivity contribution in [3.63, 3.8) is 0 Å². The van der Waals surface area contributed by atoms with Gasteiger partial charge in [0.05, 0.1) is 10.9 Å². The van der Waals surface area contributed by atoms with Crippen LogP contribution in [0.25, 0.3) is 0 Å². The summed E-state index contributed by atoms with van der Waals surface area (Å²) >= 11 is 0. The van der Waals surface area contributed by atoms with Crippen LogP contribution in [-0.4, -0.2) is 14.3 Å². The first kappa shape index (κ1) is 23.3. The lowest BCUT2D eigenvalue weighted by Gasteiger charge is -2.20. The average Bonchev–Trinajstić information content (AvgIpc) is 2.85. The molecule has 5 nitrogen and oxygen atoms in total. The second-order valence-electron chi connectivity index (χ2n) is 8.18. The summed E-state index contributed by atoms with van der Waals surface area (Å²) in [5, 5.41) is 3.07. The second kappa shape index (κ2) is 9.93. The van der Waals surface area contributed by atoms with Crippen LogP contribution < -0.4 is 10.0 Å². The van der Waals surface area contributed by atoms with Gasteiger partial charge in [-0.05, 0) is 54.8 Å². The van der Waals surface area contributed by atoms with Gasteiger partial charge in [-0.1, -0.05) is 84.4 Å². The molecular formula is C28H26N2O3S. The van der Waals surface area contributed by atoms with Gasteiger partial charge in [0.1, 0.15) is 0 Å². The number of sulfonamides is 1. The summed E-state index contributed by atoms with van der Waals surface area (Å²) in [6, 6.07) is 30.8. The van der Waals surface area contributed by atoms with Crippen LogP contribution in [0.2, 0.25) is 0 Å². The molecule has 0 radical (unpaired) electrons. The van der Waals surface area contributed by atoms with E-state index in [9.17, 15) is 13.2 Å². The number of anilines is 1. The highest BCUT2D eigenvalue weighted by Crippen LogP contribution is 2.24. The van der Waals surface area contributed by atoms with E-state index in [1.807, 2.05) is 79.7 Å². The van der Waals surface area contributed by atoms with Crippen LogP contribution in [0, 0.1) is 13.8 Å². The second-order valence-corrected chi connectivity index (χ2v) is 9.83. The lowest BCUT2D eigenvalue weighted by Crippen LogP contribution is -2.29. The maximum absolute atomic E-state index is 13.3. The van der Waals surface area contributed by atoms with E-state index in [-0.39, 0.29) is 22.4 Å². The van der Waals surface area contributed by atoms with Gasteiger partial charge in [-0.25, -0.2) is 8.42 Å². The minimum Gasteiger partial charge on any atom is -0.341 e. The third-order valence-corrected chi connectivity index (χ3v) is 7.11. The Morgan fingerprint density at radius 2 is 1.29 bits per heavy atom. The van der Waals surface area contributed by atoms with Gasteiger partial charge in [-0.15, -0.1) is 0 Å². The monoisotopic (exact) mass is 470 g/mol. The standard InChI is InChI=1S/C28H26N2O3S/c1-20-13-17-25(18-14-20)30-34(32,33)26-19-24(16-15-21(26)2)28(31)29-27(22-9-5-3-6-10-22)23-11-7-4-8-12-23/h3-19,27,30H,1-2H3,(H,29,31). The van der Waals surface area contributed by atoms with Crippen molar-refractivity contribution in [2.75, 3.05) is 4.72 Å². The number of hydrogen-bond acceptors (Lipinski definition) is 3. The number of carbonyl (C=O) groups is 1. The maximum Gasteiger partial charge on any atom is 0.262 e. The fraction of sp³-hybridized carbons (Fsp3) is 0.107. The van der Waals surface area contributed by atoms with Crippen LogP contribution >= 0.6 is 0 Å². The SMILES string of the molecule is Cc1ccc(NS(=O)(=O)c2cc(C(=O)NC(c3ccccc3)c3ccccc3)ccc2C)cc1. The van der Waals surface area contributed by atoms with E-state index in [0.717, 1.165) is 16.7 Å². The first-order valence-electron chi connectivity index (χ1n) is 10.9. The number of hydrogen-bond donors (Lipinski definition) is 2. The van der Waals surface area contributed by atoms with Crippen molar-refractivity contribution in [1.82, 2.24) is 5.32 Å². The number of carbonyl (C=O) groups excluding carboxylic acids is 1. The molecule has 6 heteroatoms. The highest BCUT2D eigenvalue weighted by molar-refractivity contribution is 7.92. The van der Waals surface area contributed by atoms with Crippen molar-refractivity contribution >= 4 is 21.6 Å². The molecule has 0 saturated heterocycles. The summed E-state index contributed by atoms with van der Waals surface area (Å²) in [5.41, 5.74) is 4.19. The molecule has 4 aromatic rings. The smallest absolute Gasteiger partial charge is 0.262 e. The fourth-order valence-electron chi connectivity index (χ4n) is 3.73. The molecule has 0 saturated carbocycles. The number of nitrogens with one attached hydrogen (secondary N) is 2. The highest BCUT2D eigenvalue weighted by Gasteiger charge is 2.22. The fourth-order valence-corrected chi connectivity index (χ4v) is 5.06. The molecule has 0 bridgehead atoms. The number of amides is 1. The van der Waals surface area contributed by atoms with Gasteiger partial charge in [0.2, 0.25) is 0 Å². The van der Waals surface area contributed by atoms with Crippen molar-refractivity contribution in [2.24, 2.45) is 0 Å². The molecule has 0 aliphatic rings.